The maximum atomic E-state index is 11.8. The lowest BCUT2D eigenvalue weighted by molar-refractivity contribution is -0.122. The van der Waals surface area contributed by atoms with E-state index in [1.54, 1.807) is 5.38 Å². The summed E-state index contributed by atoms with van der Waals surface area (Å²) >= 11 is 1.20. The van der Waals surface area contributed by atoms with Crippen molar-refractivity contribution in [3.63, 3.8) is 0 Å². The molecule has 2 heterocycles. The fourth-order valence-electron chi connectivity index (χ4n) is 1.71. The van der Waals surface area contributed by atoms with Crippen LogP contribution in [0.3, 0.4) is 0 Å². The molecular weight excluding hydrogens is 304 g/mol. The molecule has 0 unspecified atom stereocenters. The zero-order chi connectivity index (χ0) is 14.9. The number of thiazole rings is 1. The smallest absolute Gasteiger partial charge is 0.231 e. The average Bonchev–Trinajstić information content (AvgIpc) is 2.59. The Morgan fingerprint density at radius 2 is 2.20 bits per heavy atom. The molecule has 20 heavy (non-hydrogen) atoms. The molecule has 10 heteroatoms. The average molecular weight is 318 g/mol. The van der Waals surface area contributed by atoms with Crippen LogP contribution in [-0.2, 0) is 26.0 Å². The summed E-state index contributed by atoms with van der Waals surface area (Å²) in [6, 6.07) is 0. The molecule has 0 aliphatic carbocycles. The molecule has 1 aliphatic heterocycles. The molecule has 3 N–H and O–H groups in total. The van der Waals surface area contributed by atoms with Crippen LogP contribution in [0.2, 0.25) is 0 Å². The highest BCUT2D eigenvalue weighted by Crippen LogP contribution is 2.22. The Morgan fingerprint density at radius 1 is 1.55 bits per heavy atom. The van der Waals surface area contributed by atoms with Crippen molar-refractivity contribution in [2.24, 2.45) is 11.7 Å². The third-order valence-electron chi connectivity index (χ3n) is 2.83. The quantitative estimate of drug-likeness (QED) is 0.721. The highest BCUT2D eigenvalue weighted by atomic mass is 32.2. The summed E-state index contributed by atoms with van der Waals surface area (Å²) < 4.78 is 23.6. The Hall–Kier alpha value is -1.52. The molecule has 2 amide bonds. The van der Waals surface area contributed by atoms with Crippen molar-refractivity contribution in [1.82, 2.24) is 9.29 Å². The number of nitrogens with two attached hydrogens (primary N) is 1. The highest BCUT2D eigenvalue weighted by Gasteiger charge is 2.37. The lowest BCUT2D eigenvalue weighted by atomic mass is 10.0. The first-order valence-corrected chi connectivity index (χ1v) is 8.47. The minimum atomic E-state index is -3.23. The number of anilines is 1. The van der Waals surface area contributed by atoms with Crippen LogP contribution in [0, 0.1) is 5.92 Å². The van der Waals surface area contributed by atoms with Gasteiger partial charge in [0.2, 0.25) is 21.8 Å². The second kappa shape index (κ2) is 5.46. The van der Waals surface area contributed by atoms with E-state index in [1.807, 2.05) is 0 Å². The van der Waals surface area contributed by atoms with E-state index in [1.165, 1.54) is 15.6 Å². The largest absolute Gasteiger partial charge is 0.369 e. The fraction of sp³-hybridized carbons (Fsp3) is 0.500. The van der Waals surface area contributed by atoms with E-state index in [9.17, 15) is 18.0 Å². The number of carbonyl (C=O) groups excluding carboxylic acids is 2. The Labute approximate surface area is 120 Å². The highest BCUT2D eigenvalue weighted by molar-refractivity contribution is 7.88. The number of sulfonamides is 1. The zero-order valence-electron chi connectivity index (χ0n) is 10.7. The zero-order valence-corrected chi connectivity index (χ0v) is 12.3. The minimum Gasteiger partial charge on any atom is -0.369 e. The number of nitrogens with one attached hydrogen (secondary N) is 1. The van der Waals surface area contributed by atoms with Crippen LogP contribution in [0.1, 0.15) is 5.69 Å². The molecule has 1 aromatic heterocycles. The van der Waals surface area contributed by atoms with Crippen molar-refractivity contribution >= 4 is 38.3 Å². The van der Waals surface area contributed by atoms with E-state index in [0.717, 1.165) is 6.26 Å². The van der Waals surface area contributed by atoms with E-state index >= 15 is 0 Å². The van der Waals surface area contributed by atoms with Gasteiger partial charge in [-0.1, -0.05) is 0 Å². The normalized spacial score (nSPS) is 16.6. The molecule has 1 saturated heterocycles. The Balaban J connectivity index is 1.87. The predicted octanol–water partition coefficient (Wildman–Crippen LogP) is -0.999. The van der Waals surface area contributed by atoms with Crippen molar-refractivity contribution in [2.45, 2.75) is 6.42 Å². The third kappa shape index (κ3) is 3.52. The maximum absolute atomic E-state index is 11.8. The van der Waals surface area contributed by atoms with Gasteiger partial charge in [-0.05, 0) is 0 Å². The van der Waals surface area contributed by atoms with Gasteiger partial charge in [0.15, 0.2) is 5.13 Å². The van der Waals surface area contributed by atoms with Gasteiger partial charge >= 0.3 is 0 Å². The maximum Gasteiger partial charge on any atom is 0.231 e. The minimum absolute atomic E-state index is 0.0255. The number of aromatic nitrogens is 1. The van der Waals surface area contributed by atoms with Gasteiger partial charge in [0.25, 0.3) is 0 Å². The Kier molecular flexibility index (Phi) is 4.06. The molecule has 1 aromatic rings. The SMILES string of the molecule is CS(=O)(=O)N1CC(C(=O)Nc2nc(CC(N)=O)cs2)C1. The van der Waals surface area contributed by atoms with Crippen LogP contribution in [0.25, 0.3) is 0 Å². The van der Waals surface area contributed by atoms with Crippen molar-refractivity contribution in [1.29, 1.82) is 0 Å². The summed E-state index contributed by atoms with van der Waals surface area (Å²) in [6.07, 6.45) is 1.13. The van der Waals surface area contributed by atoms with E-state index in [2.05, 4.69) is 10.3 Å². The van der Waals surface area contributed by atoms with Gasteiger partial charge in [-0.3, -0.25) is 9.59 Å². The van der Waals surface area contributed by atoms with E-state index in [0.29, 0.717) is 10.8 Å². The first kappa shape index (κ1) is 14.9. The molecule has 1 aliphatic rings. The Bertz CT molecular complexity index is 633. The summed E-state index contributed by atoms with van der Waals surface area (Å²) in [5.74, 6) is -1.13. The van der Waals surface area contributed by atoms with E-state index < -0.39 is 15.9 Å². The number of amides is 2. The van der Waals surface area contributed by atoms with Crippen molar-refractivity contribution in [2.75, 3.05) is 24.7 Å². The lowest BCUT2D eigenvalue weighted by Crippen LogP contribution is -2.53. The third-order valence-corrected chi connectivity index (χ3v) is 4.87. The van der Waals surface area contributed by atoms with Crippen LogP contribution in [0.15, 0.2) is 5.38 Å². The number of primary amides is 1. The molecule has 110 valence electrons. The molecule has 8 nitrogen and oxygen atoms in total. The number of hydrogen-bond acceptors (Lipinski definition) is 6. The topological polar surface area (TPSA) is 122 Å². The van der Waals surface area contributed by atoms with Crippen LogP contribution in [0.5, 0.6) is 0 Å². The number of carbonyl (C=O) groups is 2. The molecule has 1 fully saturated rings. The summed E-state index contributed by atoms with van der Waals surface area (Å²) in [6.45, 7) is 0.369. The standard InChI is InChI=1S/C10H14N4O4S2/c1-20(17,18)14-3-6(4-14)9(16)13-10-12-7(5-19-10)2-8(11)15/h5-6H,2-4H2,1H3,(H2,11,15)(H,12,13,16). The predicted molar refractivity (Wildman–Crippen MR) is 73.5 cm³/mol. The number of rotatable bonds is 5. The molecule has 0 aromatic carbocycles. The monoisotopic (exact) mass is 318 g/mol. The summed E-state index contributed by atoms with van der Waals surface area (Å²) in [5, 5.41) is 4.63. The summed E-state index contributed by atoms with van der Waals surface area (Å²) in [5.41, 5.74) is 5.55. The molecular formula is C10H14N4O4S2. The van der Waals surface area contributed by atoms with Gasteiger partial charge in [0, 0.05) is 18.5 Å². The summed E-state index contributed by atoms with van der Waals surface area (Å²) in [7, 11) is -3.23. The second-order valence-electron chi connectivity index (χ2n) is 4.55. The second-order valence-corrected chi connectivity index (χ2v) is 7.39. The summed E-state index contributed by atoms with van der Waals surface area (Å²) in [4.78, 5) is 26.6. The van der Waals surface area contributed by atoms with Crippen molar-refractivity contribution < 1.29 is 18.0 Å². The van der Waals surface area contributed by atoms with Gasteiger partial charge in [-0.25, -0.2) is 17.7 Å². The first-order valence-electron chi connectivity index (χ1n) is 5.74. The van der Waals surface area contributed by atoms with Crippen molar-refractivity contribution in [3.05, 3.63) is 11.1 Å². The van der Waals surface area contributed by atoms with Crippen LogP contribution < -0.4 is 11.1 Å². The molecule has 0 spiro atoms. The Morgan fingerprint density at radius 3 is 2.75 bits per heavy atom. The molecule has 0 atom stereocenters. The van der Waals surface area contributed by atoms with Crippen LogP contribution in [-0.4, -0.2) is 48.9 Å². The molecule has 0 bridgehead atoms. The van der Waals surface area contributed by atoms with Crippen LogP contribution >= 0.6 is 11.3 Å². The number of hydrogen-bond donors (Lipinski definition) is 2. The van der Waals surface area contributed by atoms with Gasteiger partial charge in [-0.15, -0.1) is 11.3 Å². The van der Waals surface area contributed by atoms with E-state index in [4.69, 9.17) is 5.73 Å². The van der Waals surface area contributed by atoms with Gasteiger partial charge in [0.1, 0.15) is 0 Å². The molecule has 2 rings (SSSR count). The van der Waals surface area contributed by atoms with Crippen LogP contribution in [0.4, 0.5) is 5.13 Å². The fourth-order valence-corrected chi connectivity index (χ4v) is 3.32. The van der Waals surface area contributed by atoms with Gasteiger partial charge in [0.05, 0.1) is 24.3 Å². The molecule has 0 saturated carbocycles. The molecule has 0 radical (unpaired) electrons. The first-order chi connectivity index (χ1) is 9.25. The number of nitrogens with zero attached hydrogens (tertiary/aromatic N) is 2. The van der Waals surface area contributed by atoms with Crippen molar-refractivity contribution in [3.8, 4) is 0 Å². The van der Waals surface area contributed by atoms with Gasteiger partial charge in [-0.2, -0.15) is 0 Å². The lowest BCUT2D eigenvalue weighted by Gasteiger charge is -2.35. The van der Waals surface area contributed by atoms with Gasteiger partial charge < -0.3 is 11.1 Å². The van der Waals surface area contributed by atoms with E-state index in [-0.39, 0.29) is 31.3 Å².